The number of carbonyl (C=O) groups excluding carboxylic acids is 1. The summed E-state index contributed by atoms with van der Waals surface area (Å²) in [6, 6.07) is 6.49. The zero-order valence-electron chi connectivity index (χ0n) is 19.6. The Balaban J connectivity index is 1.87. The van der Waals surface area contributed by atoms with Crippen LogP contribution in [-0.2, 0) is 4.74 Å². The van der Waals surface area contributed by atoms with Gasteiger partial charge < -0.3 is 9.64 Å². The van der Waals surface area contributed by atoms with E-state index in [9.17, 15) is 22.4 Å². The minimum atomic E-state index is -4.60. The molecule has 0 radical (unpaired) electrons. The molecular formula is C25H26F4N4O2. The van der Waals surface area contributed by atoms with E-state index in [0.717, 1.165) is 12.5 Å². The van der Waals surface area contributed by atoms with Crippen LogP contribution in [0, 0.1) is 6.92 Å². The molecule has 1 amide bonds. The van der Waals surface area contributed by atoms with E-state index >= 15 is 0 Å². The van der Waals surface area contributed by atoms with Crippen molar-refractivity contribution in [2.45, 2.75) is 51.9 Å². The molecule has 1 fully saturated rings. The summed E-state index contributed by atoms with van der Waals surface area (Å²) in [6.45, 7) is 7.97. The van der Waals surface area contributed by atoms with Crippen LogP contribution in [0.4, 0.5) is 17.6 Å². The lowest BCUT2D eigenvalue weighted by molar-refractivity contribution is -0.0915. The van der Waals surface area contributed by atoms with Gasteiger partial charge in [-0.2, -0.15) is 13.2 Å². The van der Waals surface area contributed by atoms with Gasteiger partial charge in [-0.1, -0.05) is 18.7 Å². The predicted octanol–water partition coefficient (Wildman–Crippen LogP) is 5.81. The number of hydrogen-bond donors (Lipinski definition) is 0. The number of hydrogen-bond acceptors (Lipinski definition) is 5. The van der Waals surface area contributed by atoms with Gasteiger partial charge in [-0.15, -0.1) is 0 Å². The lowest BCUT2D eigenvalue weighted by Crippen LogP contribution is -2.51. The zero-order valence-corrected chi connectivity index (χ0v) is 19.6. The summed E-state index contributed by atoms with van der Waals surface area (Å²) in [5, 5.41) is 0. The lowest BCUT2D eigenvalue weighted by Gasteiger charge is -2.39. The number of carbonyl (C=O) groups is 1. The molecule has 10 heteroatoms. The maximum Gasteiger partial charge on any atom is 0.413 e. The van der Waals surface area contributed by atoms with Crippen LogP contribution >= 0.6 is 0 Å². The number of aromatic nitrogens is 2. The fourth-order valence-electron chi connectivity index (χ4n) is 3.81. The first-order chi connectivity index (χ1) is 16.5. The Morgan fingerprint density at radius 3 is 2.57 bits per heavy atom. The van der Waals surface area contributed by atoms with Crippen LogP contribution in [-0.4, -0.2) is 51.5 Å². The molecule has 1 saturated heterocycles. The first-order valence-corrected chi connectivity index (χ1v) is 11.0. The third-order valence-electron chi connectivity index (χ3n) is 5.79. The Kier molecular flexibility index (Phi) is 8.03. The molecule has 0 saturated carbocycles. The van der Waals surface area contributed by atoms with Crippen molar-refractivity contribution >= 4 is 11.8 Å². The van der Waals surface area contributed by atoms with Crippen molar-refractivity contribution in [1.29, 1.82) is 0 Å². The van der Waals surface area contributed by atoms with E-state index in [1.807, 2.05) is 13.0 Å². The topological polar surface area (TPSA) is 67.7 Å². The number of rotatable bonds is 5. The minimum absolute atomic E-state index is 0.276. The summed E-state index contributed by atoms with van der Waals surface area (Å²) in [6.07, 6.45) is -0.599. The van der Waals surface area contributed by atoms with Crippen LogP contribution in [0.25, 0.3) is 11.4 Å². The van der Waals surface area contributed by atoms with Gasteiger partial charge in [0.2, 0.25) is 5.90 Å². The highest BCUT2D eigenvalue weighted by atomic mass is 19.4. The van der Waals surface area contributed by atoms with Gasteiger partial charge in [-0.3, -0.25) is 4.79 Å². The monoisotopic (exact) mass is 490 g/mol. The molecule has 1 aromatic carbocycles. The number of halogens is 4. The number of likely N-dealkylation sites (tertiary alicyclic amines) is 1. The van der Waals surface area contributed by atoms with Crippen molar-refractivity contribution in [1.82, 2.24) is 14.9 Å². The van der Waals surface area contributed by atoms with E-state index in [2.05, 4.69) is 21.5 Å². The second-order valence-corrected chi connectivity index (χ2v) is 8.26. The molecular weight excluding hydrogens is 464 g/mol. The summed E-state index contributed by atoms with van der Waals surface area (Å²) < 4.78 is 57.8. The van der Waals surface area contributed by atoms with Crippen LogP contribution in [0.1, 0.15) is 42.6 Å². The maximum atomic E-state index is 13.9. The summed E-state index contributed by atoms with van der Waals surface area (Å²) in [5.41, 5.74) is 0.842. The lowest BCUT2D eigenvalue weighted by atomic mass is 9.95. The Morgan fingerprint density at radius 2 is 1.94 bits per heavy atom. The van der Waals surface area contributed by atoms with Crippen molar-refractivity contribution in [2.75, 3.05) is 6.54 Å². The number of aryl methyl sites for hydroxylation is 1. The molecule has 6 nitrogen and oxygen atoms in total. The number of alkyl halides is 3. The molecule has 0 bridgehead atoms. The molecule has 1 aliphatic rings. The molecule has 2 atom stereocenters. The highest BCUT2D eigenvalue weighted by Gasteiger charge is 2.35. The Labute approximate surface area is 201 Å². The molecule has 0 spiro atoms. The van der Waals surface area contributed by atoms with Gasteiger partial charge in [0.15, 0.2) is 11.7 Å². The fourth-order valence-corrected chi connectivity index (χ4v) is 3.81. The Hall–Kier alpha value is -3.56. The summed E-state index contributed by atoms with van der Waals surface area (Å²) in [4.78, 5) is 27.3. The van der Waals surface area contributed by atoms with Gasteiger partial charge in [0.1, 0.15) is 6.10 Å². The van der Waals surface area contributed by atoms with Crippen molar-refractivity contribution < 1.29 is 27.1 Å². The number of benzene rings is 1. The van der Waals surface area contributed by atoms with Crippen molar-refractivity contribution in [3.05, 3.63) is 72.0 Å². The normalized spacial score (nSPS) is 19.5. The Morgan fingerprint density at radius 1 is 1.26 bits per heavy atom. The van der Waals surface area contributed by atoms with Gasteiger partial charge in [-0.25, -0.2) is 19.4 Å². The third kappa shape index (κ3) is 6.12. The SMILES string of the molecule is C=C(F)C(=N/C=C(\C)C(F)(F)F)O[C@@H]1CCCN(C(=O)c2cccc(C)c2-c2ncccn2)[C@H]1C. The average molecular weight is 491 g/mol. The molecule has 35 heavy (non-hydrogen) atoms. The van der Waals surface area contributed by atoms with E-state index in [4.69, 9.17) is 4.74 Å². The van der Waals surface area contributed by atoms with Gasteiger partial charge >= 0.3 is 6.18 Å². The highest BCUT2D eigenvalue weighted by molar-refractivity contribution is 6.01. The van der Waals surface area contributed by atoms with Gasteiger partial charge in [0, 0.05) is 36.3 Å². The zero-order chi connectivity index (χ0) is 25.8. The number of aliphatic imine (C=N–C) groups is 1. The van der Waals surface area contributed by atoms with E-state index < -0.39 is 35.6 Å². The van der Waals surface area contributed by atoms with Gasteiger partial charge in [0.25, 0.3) is 5.91 Å². The minimum Gasteiger partial charge on any atom is -0.470 e. The number of piperidine rings is 1. The number of ether oxygens (including phenoxy) is 1. The molecule has 3 rings (SSSR count). The van der Waals surface area contributed by atoms with Crippen molar-refractivity contribution in [3.63, 3.8) is 0 Å². The highest BCUT2D eigenvalue weighted by Crippen LogP contribution is 2.29. The number of nitrogens with zero attached hydrogens (tertiary/aromatic N) is 4. The van der Waals surface area contributed by atoms with E-state index in [0.29, 0.717) is 42.5 Å². The van der Waals surface area contributed by atoms with E-state index in [-0.39, 0.29) is 5.91 Å². The van der Waals surface area contributed by atoms with Crippen LogP contribution in [0.3, 0.4) is 0 Å². The van der Waals surface area contributed by atoms with E-state index in [1.165, 1.54) is 0 Å². The largest absolute Gasteiger partial charge is 0.470 e. The second-order valence-electron chi connectivity index (χ2n) is 8.26. The molecule has 2 heterocycles. The van der Waals surface area contributed by atoms with Crippen molar-refractivity contribution in [3.8, 4) is 11.4 Å². The average Bonchev–Trinajstić information content (AvgIpc) is 2.81. The van der Waals surface area contributed by atoms with Crippen LogP contribution in [0.5, 0.6) is 0 Å². The molecule has 186 valence electrons. The third-order valence-corrected chi connectivity index (χ3v) is 5.79. The second kappa shape index (κ2) is 10.8. The summed E-state index contributed by atoms with van der Waals surface area (Å²) in [7, 11) is 0. The number of amides is 1. The molecule has 0 aliphatic carbocycles. The van der Waals surface area contributed by atoms with Crippen LogP contribution in [0.15, 0.2) is 65.8 Å². The van der Waals surface area contributed by atoms with Crippen molar-refractivity contribution in [2.24, 2.45) is 4.99 Å². The molecule has 1 aliphatic heterocycles. The summed E-state index contributed by atoms with van der Waals surface area (Å²) >= 11 is 0. The smallest absolute Gasteiger partial charge is 0.413 e. The first kappa shape index (κ1) is 26.1. The first-order valence-electron chi connectivity index (χ1n) is 11.0. The fraction of sp³-hybridized carbons (Fsp3) is 0.360. The molecule has 1 aromatic heterocycles. The quantitative estimate of drug-likeness (QED) is 0.301. The van der Waals surface area contributed by atoms with Gasteiger partial charge in [0.05, 0.1) is 11.6 Å². The standard InChI is InChI=1S/C25H26F4N4O2/c1-15-8-5-9-19(21(15)22-30-11-7-12-31-22)24(34)33-13-6-10-20(18(33)4)35-23(17(3)26)32-14-16(2)25(27,28)29/h5,7-9,11-12,14,18,20H,3,6,10,13H2,1-2,4H3/b16-14+,32-23?/t18-,20+/m0/s1. The number of allylic oxidation sites excluding steroid dienone is 1. The predicted molar refractivity (Wildman–Crippen MR) is 124 cm³/mol. The molecule has 0 N–H and O–H groups in total. The van der Waals surface area contributed by atoms with Crippen LogP contribution < -0.4 is 0 Å². The van der Waals surface area contributed by atoms with E-state index in [1.54, 1.807) is 42.4 Å². The maximum absolute atomic E-state index is 13.9. The van der Waals surface area contributed by atoms with Gasteiger partial charge in [-0.05, 0) is 51.3 Å². The summed E-state index contributed by atoms with van der Waals surface area (Å²) in [5.74, 6) is -1.61. The Bertz CT molecular complexity index is 1150. The van der Waals surface area contributed by atoms with Crippen LogP contribution in [0.2, 0.25) is 0 Å². The molecule has 0 unspecified atom stereocenters. The molecule has 2 aromatic rings.